The van der Waals surface area contributed by atoms with Gasteiger partial charge in [0, 0.05) is 29.2 Å². The molecule has 2 aromatic heterocycles. The highest BCUT2D eigenvalue weighted by Crippen LogP contribution is 2.62. The van der Waals surface area contributed by atoms with Gasteiger partial charge in [0.2, 0.25) is 0 Å². The molecule has 0 bridgehead atoms. The zero-order valence-electron chi connectivity index (χ0n) is 26.8. The molecule has 48 heavy (non-hydrogen) atoms. The lowest BCUT2D eigenvalue weighted by Crippen LogP contribution is -2.36. The third-order valence-electron chi connectivity index (χ3n) is 10.7. The second kappa shape index (κ2) is 9.76. The lowest BCUT2D eigenvalue weighted by Gasteiger charge is -2.45. The predicted molar refractivity (Wildman–Crippen MR) is 194 cm³/mol. The van der Waals surface area contributed by atoms with Crippen LogP contribution in [0.15, 0.2) is 158 Å². The van der Waals surface area contributed by atoms with E-state index in [0.29, 0.717) is 0 Å². The molecule has 0 amide bonds. The van der Waals surface area contributed by atoms with Gasteiger partial charge in [-0.25, -0.2) is 0 Å². The van der Waals surface area contributed by atoms with Crippen LogP contribution in [0.25, 0.3) is 11.4 Å². The second-order valence-electron chi connectivity index (χ2n) is 13.4. The van der Waals surface area contributed by atoms with Crippen molar-refractivity contribution in [3.63, 3.8) is 0 Å². The SMILES string of the molecule is CC1(C)c2ccccc2N(c2ccc(N3c4ccccc4C4(c5ccccc53)c3cccnc3-c3ncccc34)cc2)c2ccccc21. The van der Waals surface area contributed by atoms with E-state index in [1.165, 1.54) is 44.8 Å². The Bertz CT molecular complexity index is 2260. The van der Waals surface area contributed by atoms with E-state index < -0.39 is 5.41 Å². The van der Waals surface area contributed by atoms with Gasteiger partial charge in [0.1, 0.15) is 0 Å². The molecule has 4 heteroatoms. The molecule has 1 aliphatic carbocycles. The maximum Gasteiger partial charge on any atom is 0.0937 e. The fourth-order valence-corrected chi connectivity index (χ4v) is 8.74. The zero-order valence-corrected chi connectivity index (χ0v) is 26.8. The van der Waals surface area contributed by atoms with Gasteiger partial charge >= 0.3 is 0 Å². The predicted octanol–water partition coefficient (Wildman–Crippen LogP) is 10.7. The van der Waals surface area contributed by atoms with Gasteiger partial charge in [-0.15, -0.1) is 0 Å². The number of hydrogen-bond donors (Lipinski definition) is 0. The number of benzene rings is 5. The van der Waals surface area contributed by atoms with E-state index in [2.05, 4.69) is 169 Å². The standard InChI is InChI=1S/C44H32N4/c1-43(2)31-13-3-7-19-37(31)47(38-20-8-4-14-32(38)43)29-23-25-30(26-24-29)48-39-21-9-5-15-33(39)44(34-16-6-10-22-40(34)48)35-17-11-27-45-41(35)42-36(44)18-12-28-46-42/h3-28H,1-2H3. The molecule has 3 aliphatic rings. The molecule has 0 saturated carbocycles. The van der Waals surface area contributed by atoms with Gasteiger partial charge in [-0.1, -0.05) is 98.8 Å². The number of para-hydroxylation sites is 4. The Balaban J connectivity index is 1.16. The highest BCUT2D eigenvalue weighted by Gasteiger charge is 2.52. The molecule has 228 valence electrons. The first-order valence-electron chi connectivity index (χ1n) is 16.6. The number of hydrogen-bond acceptors (Lipinski definition) is 4. The van der Waals surface area contributed by atoms with E-state index in [-0.39, 0.29) is 5.41 Å². The van der Waals surface area contributed by atoms with Crippen molar-refractivity contribution < 1.29 is 0 Å². The van der Waals surface area contributed by atoms with Crippen LogP contribution in [0.2, 0.25) is 0 Å². The Morgan fingerprint density at radius 3 is 1.12 bits per heavy atom. The summed E-state index contributed by atoms with van der Waals surface area (Å²) in [6.45, 7) is 4.66. The molecular weight excluding hydrogens is 585 g/mol. The summed E-state index contributed by atoms with van der Waals surface area (Å²) < 4.78 is 0. The minimum atomic E-state index is -0.523. The van der Waals surface area contributed by atoms with Crippen molar-refractivity contribution in [2.45, 2.75) is 24.7 Å². The number of fused-ring (bicyclic) bond motifs is 11. The molecule has 10 rings (SSSR count). The molecule has 7 aromatic rings. The van der Waals surface area contributed by atoms with Gasteiger partial charge in [-0.05, 0) is 94.0 Å². The third kappa shape index (κ3) is 3.39. The monoisotopic (exact) mass is 616 g/mol. The quantitative estimate of drug-likeness (QED) is 0.193. The molecule has 0 unspecified atom stereocenters. The van der Waals surface area contributed by atoms with Crippen molar-refractivity contribution in [3.8, 4) is 11.4 Å². The lowest BCUT2D eigenvalue weighted by atomic mass is 9.65. The average Bonchev–Trinajstić information content (AvgIpc) is 3.43. The largest absolute Gasteiger partial charge is 0.310 e. The Morgan fingerprint density at radius 1 is 0.375 bits per heavy atom. The van der Waals surface area contributed by atoms with E-state index in [1.807, 2.05) is 12.4 Å². The Morgan fingerprint density at radius 2 is 0.708 bits per heavy atom. The molecule has 0 atom stereocenters. The van der Waals surface area contributed by atoms with Gasteiger partial charge in [-0.3, -0.25) is 9.97 Å². The number of aromatic nitrogens is 2. The lowest BCUT2D eigenvalue weighted by molar-refractivity contribution is 0.632. The molecule has 5 aromatic carbocycles. The van der Waals surface area contributed by atoms with Crippen LogP contribution >= 0.6 is 0 Å². The van der Waals surface area contributed by atoms with E-state index in [0.717, 1.165) is 34.1 Å². The summed E-state index contributed by atoms with van der Waals surface area (Å²) in [5.74, 6) is 0. The number of pyridine rings is 2. The summed E-state index contributed by atoms with van der Waals surface area (Å²) in [4.78, 5) is 14.6. The number of rotatable bonds is 2. The molecule has 2 aliphatic heterocycles. The maximum atomic E-state index is 4.89. The first kappa shape index (κ1) is 27.1. The average molecular weight is 617 g/mol. The van der Waals surface area contributed by atoms with Crippen molar-refractivity contribution in [1.29, 1.82) is 0 Å². The topological polar surface area (TPSA) is 32.3 Å². The van der Waals surface area contributed by atoms with Crippen LogP contribution in [0.4, 0.5) is 34.1 Å². The van der Waals surface area contributed by atoms with Gasteiger partial charge in [0.15, 0.2) is 0 Å². The molecule has 1 spiro atoms. The molecule has 0 radical (unpaired) electrons. The first-order valence-corrected chi connectivity index (χ1v) is 16.6. The molecule has 0 saturated heterocycles. The van der Waals surface area contributed by atoms with Crippen LogP contribution in [0, 0.1) is 0 Å². The smallest absolute Gasteiger partial charge is 0.0937 e. The molecule has 0 N–H and O–H groups in total. The molecule has 0 fully saturated rings. The summed E-state index contributed by atoms with van der Waals surface area (Å²) in [7, 11) is 0. The Labute approximate surface area is 280 Å². The van der Waals surface area contributed by atoms with Crippen LogP contribution in [-0.4, -0.2) is 9.97 Å². The van der Waals surface area contributed by atoms with Crippen molar-refractivity contribution in [3.05, 3.63) is 191 Å². The van der Waals surface area contributed by atoms with Gasteiger partial charge < -0.3 is 9.80 Å². The summed E-state index contributed by atoms with van der Waals surface area (Å²) in [6, 6.07) is 53.0. The Kier molecular flexibility index (Phi) is 5.52. The third-order valence-corrected chi connectivity index (χ3v) is 10.7. The van der Waals surface area contributed by atoms with E-state index in [4.69, 9.17) is 9.97 Å². The highest BCUT2D eigenvalue weighted by molar-refractivity contribution is 5.94. The summed E-state index contributed by atoms with van der Waals surface area (Å²) in [6.07, 6.45) is 3.76. The van der Waals surface area contributed by atoms with Crippen LogP contribution in [0.3, 0.4) is 0 Å². The molecule has 4 heterocycles. The fourth-order valence-electron chi connectivity index (χ4n) is 8.74. The van der Waals surface area contributed by atoms with E-state index in [9.17, 15) is 0 Å². The van der Waals surface area contributed by atoms with Crippen LogP contribution in [-0.2, 0) is 10.8 Å². The van der Waals surface area contributed by atoms with Crippen molar-refractivity contribution in [2.75, 3.05) is 9.80 Å². The zero-order chi connectivity index (χ0) is 32.0. The van der Waals surface area contributed by atoms with Gasteiger partial charge in [0.25, 0.3) is 0 Å². The summed E-state index contributed by atoms with van der Waals surface area (Å²) in [5.41, 5.74) is 15.8. The molecule has 4 nitrogen and oxygen atoms in total. The van der Waals surface area contributed by atoms with E-state index in [1.54, 1.807) is 0 Å². The summed E-state index contributed by atoms with van der Waals surface area (Å²) in [5, 5.41) is 0. The van der Waals surface area contributed by atoms with E-state index >= 15 is 0 Å². The summed E-state index contributed by atoms with van der Waals surface area (Å²) >= 11 is 0. The maximum absolute atomic E-state index is 4.89. The minimum Gasteiger partial charge on any atom is -0.310 e. The minimum absolute atomic E-state index is 0.0939. The van der Waals surface area contributed by atoms with Crippen molar-refractivity contribution in [1.82, 2.24) is 9.97 Å². The van der Waals surface area contributed by atoms with Crippen molar-refractivity contribution in [2.24, 2.45) is 0 Å². The second-order valence-corrected chi connectivity index (χ2v) is 13.4. The number of anilines is 6. The van der Waals surface area contributed by atoms with Crippen LogP contribution in [0.1, 0.15) is 47.2 Å². The number of nitrogens with zero attached hydrogens (tertiary/aromatic N) is 4. The first-order chi connectivity index (χ1) is 23.6. The molecular formula is C44H32N4. The van der Waals surface area contributed by atoms with Gasteiger partial charge in [0.05, 0.1) is 39.6 Å². The van der Waals surface area contributed by atoms with Gasteiger partial charge in [-0.2, -0.15) is 0 Å². The van der Waals surface area contributed by atoms with Crippen LogP contribution in [0.5, 0.6) is 0 Å². The fraction of sp³-hybridized carbons (Fsp3) is 0.0909. The Hall–Kier alpha value is -6.00. The van der Waals surface area contributed by atoms with Crippen molar-refractivity contribution >= 4 is 34.1 Å². The normalized spacial score (nSPS) is 15.5. The highest BCUT2D eigenvalue weighted by atomic mass is 15.2. The van der Waals surface area contributed by atoms with Crippen LogP contribution < -0.4 is 9.80 Å².